The molecule has 0 radical (unpaired) electrons. The molecular weight excluding hydrogens is 466 g/mol. The molecule has 0 spiro atoms. The predicted molar refractivity (Wildman–Crippen MR) is 134 cm³/mol. The second-order valence-electron chi connectivity index (χ2n) is 8.92. The monoisotopic (exact) mass is 491 g/mol. The van der Waals surface area contributed by atoms with E-state index in [1.54, 1.807) is 16.6 Å². The number of hydrogen-bond acceptors (Lipinski definition) is 5. The fraction of sp³-hybridized carbons (Fsp3) is 0.360. The van der Waals surface area contributed by atoms with Gasteiger partial charge in [0.05, 0.1) is 22.1 Å². The number of primary amides is 1. The Labute approximate surface area is 207 Å². The van der Waals surface area contributed by atoms with Crippen molar-refractivity contribution in [3.8, 4) is 11.8 Å². The molecular formula is C25H26ClN7O2. The number of carbonyl (C=O) groups is 2. The van der Waals surface area contributed by atoms with Gasteiger partial charge in [0.1, 0.15) is 17.2 Å². The first-order valence-corrected chi connectivity index (χ1v) is 11.9. The quantitative estimate of drug-likeness (QED) is 0.430. The number of hydrogen-bond donors (Lipinski definition) is 2. The number of aryl methyl sites for hydroxylation is 1. The maximum atomic E-state index is 12.4. The minimum Gasteiger partial charge on any atom is -0.373 e. The zero-order valence-electron chi connectivity index (χ0n) is 19.6. The smallest absolute Gasteiger partial charge is 0.255 e. The van der Waals surface area contributed by atoms with Crippen LogP contribution in [0.2, 0.25) is 5.02 Å². The molecule has 9 nitrogen and oxygen atoms in total. The van der Waals surface area contributed by atoms with Gasteiger partial charge >= 0.3 is 0 Å². The van der Waals surface area contributed by atoms with Gasteiger partial charge in [-0.3, -0.25) is 9.59 Å². The summed E-state index contributed by atoms with van der Waals surface area (Å²) in [5, 5.41) is 8.15. The fourth-order valence-electron chi connectivity index (χ4n) is 5.05. The van der Waals surface area contributed by atoms with Crippen molar-refractivity contribution in [2.45, 2.75) is 38.3 Å². The Balaban J connectivity index is 1.53. The maximum absolute atomic E-state index is 12.4. The van der Waals surface area contributed by atoms with E-state index < -0.39 is 5.91 Å². The average molecular weight is 492 g/mol. The van der Waals surface area contributed by atoms with Crippen LogP contribution in [0.5, 0.6) is 0 Å². The molecule has 2 amide bonds. The van der Waals surface area contributed by atoms with E-state index in [2.05, 4.69) is 40.3 Å². The summed E-state index contributed by atoms with van der Waals surface area (Å²) in [4.78, 5) is 30.8. The van der Waals surface area contributed by atoms with Gasteiger partial charge in [0, 0.05) is 38.2 Å². The lowest BCUT2D eigenvalue weighted by atomic mass is 10.1. The summed E-state index contributed by atoms with van der Waals surface area (Å²) >= 11 is 6.59. The first-order chi connectivity index (χ1) is 16.8. The number of halogens is 1. The molecule has 0 saturated carbocycles. The van der Waals surface area contributed by atoms with Crippen LogP contribution in [0.4, 0.5) is 5.82 Å². The Morgan fingerprint density at radius 2 is 2.11 bits per heavy atom. The number of nitrogens with zero attached hydrogens (tertiary/aromatic N) is 5. The number of amides is 2. The van der Waals surface area contributed by atoms with Crippen molar-refractivity contribution in [2.75, 3.05) is 25.5 Å². The van der Waals surface area contributed by atoms with Crippen molar-refractivity contribution in [2.24, 2.45) is 5.73 Å². The number of benzene rings is 1. The Morgan fingerprint density at radius 1 is 1.31 bits per heavy atom. The number of nitrogens with one attached hydrogen (secondary N) is 1. The molecule has 3 aromatic rings. The largest absolute Gasteiger partial charge is 0.373 e. The molecule has 0 unspecified atom stereocenters. The standard InChI is InChI=1S/C25H26ClN7O2/c1-4-22(34)31-10-9-16(13-31)33-25(28-3)23(24(27)35)18(30-33)7-6-15-11-19-20(12-17(15)26)32-14(2)5-8-21(32)29-19/h4,11-12,14,16,28H,1,5,8-10,13H2,2-3H3,(H2,27,35)/t14-,16-/m0/s1. The Bertz CT molecular complexity index is 1440. The van der Waals surface area contributed by atoms with Crippen LogP contribution in [0.3, 0.4) is 0 Å². The zero-order chi connectivity index (χ0) is 24.9. The number of carbonyl (C=O) groups excluding carboxylic acids is 2. The first-order valence-electron chi connectivity index (χ1n) is 11.6. The molecule has 1 fully saturated rings. The third-order valence-electron chi connectivity index (χ3n) is 6.78. The van der Waals surface area contributed by atoms with E-state index >= 15 is 0 Å². The summed E-state index contributed by atoms with van der Waals surface area (Å²) in [6.45, 7) is 6.77. The minimum atomic E-state index is -0.636. The normalized spacial score (nSPS) is 18.9. The predicted octanol–water partition coefficient (Wildman–Crippen LogP) is 2.89. The van der Waals surface area contributed by atoms with Gasteiger partial charge in [0.25, 0.3) is 5.91 Å². The Hall–Kier alpha value is -3.77. The molecule has 1 aromatic carbocycles. The number of fused-ring (bicyclic) bond motifs is 3. The fourth-order valence-corrected chi connectivity index (χ4v) is 5.26. The van der Waals surface area contributed by atoms with Crippen LogP contribution in [0.25, 0.3) is 11.0 Å². The van der Waals surface area contributed by atoms with Gasteiger partial charge in [-0.15, -0.1) is 0 Å². The van der Waals surface area contributed by atoms with Gasteiger partial charge in [-0.05, 0) is 43.9 Å². The molecule has 180 valence electrons. The van der Waals surface area contributed by atoms with Crippen molar-refractivity contribution >= 4 is 40.3 Å². The lowest BCUT2D eigenvalue weighted by Crippen LogP contribution is -2.27. The van der Waals surface area contributed by atoms with Gasteiger partial charge in [0.15, 0.2) is 5.69 Å². The van der Waals surface area contributed by atoms with Crippen LogP contribution >= 0.6 is 11.6 Å². The summed E-state index contributed by atoms with van der Waals surface area (Å²) in [6, 6.07) is 4.04. The Kier molecular flexibility index (Phi) is 5.77. The topological polar surface area (TPSA) is 111 Å². The molecule has 2 aliphatic heterocycles. The maximum Gasteiger partial charge on any atom is 0.255 e. The molecule has 5 rings (SSSR count). The van der Waals surface area contributed by atoms with Crippen molar-refractivity contribution in [3.05, 3.63) is 52.5 Å². The van der Waals surface area contributed by atoms with Gasteiger partial charge < -0.3 is 20.5 Å². The summed E-state index contributed by atoms with van der Waals surface area (Å²) in [5.74, 6) is 6.82. The molecule has 0 aliphatic carbocycles. The molecule has 2 aromatic heterocycles. The van der Waals surface area contributed by atoms with Gasteiger partial charge in [-0.25, -0.2) is 9.67 Å². The van der Waals surface area contributed by atoms with E-state index in [-0.39, 0.29) is 23.2 Å². The highest BCUT2D eigenvalue weighted by molar-refractivity contribution is 6.32. The van der Waals surface area contributed by atoms with Crippen LogP contribution < -0.4 is 11.1 Å². The second-order valence-corrected chi connectivity index (χ2v) is 9.33. The number of aromatic nitrogens is 4. The van der Waals surface area contributed by atoms with E-state index in [4.69, 9.17) is 22.3 Å². The number of likely N-dealkylation sites (tertiary alicyclic amines) is 1. The van der Waals surface area contributed by atoms with Crippen LogP contribution in [0.15, 0.2) is 24.8 Å². The third-order valence-corrected chi connectivity index (χ3v) is 7.10. The minimum absolute atomic E-state index is 0.121. The number of imidazole rings is 1. The van der Waals surface area contributed by atoms with Crippen LogP contribution in [0, 0.1) is 11.8 Å². The van der Waals surface area contributed by atoms with Gasteiger partial charge in [-0.2, -0.15) is 5.10 Å². The lowest BCUT2D eigenvalue weighted by molar-refractivity contribution is -0.125. The summed E-state index contributed by atoms with van der Waals surface area (Å²) in [5.41, 5.74) is 8.62. The molecule has 35 heavy (non-hydrogen) atoms. The highest BCUT2D eigenvalue weighted by Crippen LogP contribution is 2.33. The van der Waals surface area contributed by atoms with Crippen LogP contribution in [-0.4, -0.2) is 56.2 Å². The van der Waals surface area contributed by atoms with Crippen molar-refractivity contribution < 1.29 is 9.59 Å². The number of anilines is 1. The van der Waals surface area contributed by atoms with Gasteiger partial charge in [0.2, 0.25) is 5.91 Å². The molecule has 0 bridgehead atoms. The first kappa shape index (κ1) is 23.0. The van der Waals surface area contributed by atoms with Crippen molar-refractivity contribution in [1.29, 1.82) is 0 Å². The lowest BCUT2D eigenvalue weighted by Gasteiger charge is -2.16. The Morgan fingerprint density at radius 3 is 2.83 bits per heavy atom. The summed E-state index contributed by atoms with van der Waals surface area (Å²) in [6.07, 6.45) is 4.00. The van der Waals surface area contributed by atoms with E-state index in [9.17, 15) is 9.59 Å². The van der Waals surface area contributed by atoms with Crippen molar-refractivity contribution in [3.63, 3.8) is 0 Å². The summed E-state index contributed by atoms with van der Waals surface area (Å²) in [7, 11) is 1.70. The van der Waals surface area contributed by atoms with E-state index in [1.165, 1.54) is 6.08 Å². The number of nitrogens with two attached hydrogens (primary N) is 1. The molecule has 2 aliphatic rings. The van der Waals surface area contributed by atoms with Crippen LogP contribution in [-0.2, 0) is 11.2 Å². The average Bonchev–Trinajstić information content (AvgIpc) is 3.60. The highest BCUT2D eigenvalue weighted by atomic mass is 35.5. The molecule has 4 heterocycles. The van der Waals surface area contributed by atoms with E-state index in [0.29, 0.717) is 42.0 Å². The van der Waals surface area contributed by atoms with Crippen LogP contribution in [0.1, 0.15) is 59.3 Å². The van der Waals surface area contributed by atoms with Gasteiger partial charge in [-0.1, -0.05) is 24.1 Å². The second kappa shape index (κ2) is 8.78. The third kappa shape index (κ3) is 3.84. The van der Waals surface area contributed by atoms with E-state index in [0.717, 1.165) is 29.7 Å². The number of rotatable bonds is 4. The molecule has 3 N–H and O–H groups in total. The molecule has 10 heteroatoms. The zero-order valence-corrected chi connectivity index (χ0v) is 20.4. The summed E-state index contributed by atoms with van der Waals surface area (Å²) < 4.78 is 3.93. The molecule has 1 saturated heterocycles. The highest BCUT2D eigenvalue weighted by Gasteiger charge is 2.31. The van der Waals surface area contributed by atoms with E-state index in [1.807, 2.05) is 12.1 Å². The SMILES string of the molecule is C=CC(=O)N1CC[C@H](n2nc(C#Cc3cc4nc5n(c4cc3Cl)[C@@H](C)CC5)c(C(N)=O)c2NC)C1. The van der Waals surface area contributed by atoms with Crippen molar-refractivity contribution in [1.82, 2.24) is 24.2 Å². The molecule has 2 atom stereocenters.